The Balaban J connectivity index is 0.000000533. The fourth-order valence-electron chi connectivity index (χ4n) is 6.43. The summed E-state index contributed by atoms with van der Waals surface area (Å²) in [5.41, 5.74) is 10.2. The van der Waals surface area contributed by atoms with Crippen LogP contribution < -0.4 is 16.1 Å². The fourth-order valence-corrected chi connectivity index (χ4v) is 6.43. The molecule has 3 aromatic carbocycles. The number of anilines is 1. The molecule has 2 heterocycles. The minimum Gasteiger partial charge on any atom is -0.520 e. The number of hydrogen-bond donors (Lipinski definition) is 4. The van der Waals surface area contributed by atoms with E-state index in [1.165, 1.54) is 34.4 Å². The number of nitrogens with zero attached hydrogens (tertiary/aromatic N) is 5. The number of aromatic nitrogens is 1. The van der Waals surface area contributed by atoms with Crippen LogP contribution in [0.5, 0.6) is 0 Å². The van der Waals surface area contributed by atoms with Crippen molar-refractivity contribution in [2.75, 3.05) is 70.6 Å². The number of carbonyl (C=O) groups is 5. The topological polar surface area (TPSA) is 183 Å². The smallest absolute Gasteiger partial charge is 0.256 e. The van der Waals surface area contributed by atoms with Crippen LogP contribution in [0.4, 0.5) is 10.1 Å². The predicted molar refractivity (Wildman–Crippen MR) is 245 cm³/mol. The minimum absolute atomic E-state index is 0. The van der Waals surface area contributed by atoms with Gasteiger partial charge in [-0.25, -0.2) is 9.82 Å². The predicted octanol–water partition coefficient (Wildman–Crippen LogP) is 4.37. The zero-order valence-corrected chi connectivity index (χ0v) is 39.9. The summed E-state index contributed by atoms with van der Waals surface area (Å²) in [4.78, 5) is 78.1. The normalized spacial score (nSPS) is 11.9. The van der Waals surface area contributed by atoms with Crippen LogP contribution >= 0.6 is 12.6 Å². The summed E-state index contributed by atoms with van der Waals surface area (Å²) < 4.78 is 20.1. The van der Waals surface area contributed by atoms with Gasteiger partial charge in [-0.2, -0.15) is 24.1 Å². The molecule has 0 aliphatic carbocycles. The molecule has 1 fully saturated rings. The number of pyridine rings is 1. The number of benzene rings is 3. The fraction of sp³-hybridized carbons (Fsp3) is 0.348. The Hall–Kier alpha value is -7.46. The van der Waals surface area contributed by atoms with Gasteiger partial charge >= 0.3 is 0 Å². The van der Waals surface area contributed by atoms with Crippen molar-refractivity contribution in [1.82, 2.24) is 30.4 Å². The summed E-state index contributed by atoms with van der Waals surface area (Å²) in [6.07, 6.45) is 7.53. The molecule has 1 aliphatic heterocycles. The van der Waals surface area contributed by atoms with Crippen molar-refractivity contribution in [3.8, 4) is 11.1 Å². The number of hydrazone groups is 1. The van der Waals surface area contributed by atoms with E-state index in [0.29, 0.717) is 30.6 Å². The van der Waals surface area contributed by atoms with Crippen molar-refractivity contribution < 1.29 is 37.9 Å². The second kappa shape index (κ2) is 28.2. The van der Waals surface area contributed by atoms with Crippen LogP contribution in [0.3, 0.4) is 0 Å². The van der Waals surface area contributed by atoms with Crippen LogP contribution in [-0.2, 0) is 41.6 Å². The summed E-state index contributed by atoms with van der Waals surface area (Å²) in [5.74, 6) is -1.53. The third-order valence-electron chi connectivity index (χ3n) is 9.76. The number of thiol groups is 1. The van der Waals surface area contributed by atoms with Crippen LogP contribution in [0.25, 0.3) is 11.1 Å². The van der Waals surface area contributed by atoms with Gasteiger partial charge in [-0.15, -0.1) is 0 Å². The maximum Gasteiger partial charge on any atom is 0.256 e. The molecule has 0 atom stereocenters. The van der Waals surface area contributed by atoms with Crippen LogP contribution in [0.15, 0.2) is 84.1 Å². The van der Waals surface area contributed by atoms with Gasteiger partial charge in [-0.1, -0.05) is 61.5 Å². The molecule has 64 heavy (non-hydrogen) atoms. The third-order valence-corrected chi connectivity index (χ3v) is 9.76. The van der Waals surface area contributed by atoms with Gasteiger partial charge in [0.25, 0.3) is 5.91 Å². The zero-order valence-electron chi connectivity index (χ0n) is 36.6. The molecule has 5 rings (SSSR count). The van der Waals surface area contributed by atoms with Crippen molar-refractivity contribution in [2.45, 2.75) is 40.5 Å². The largest absolute Gasteiger partial charge is 0.520 e. The molecule has 0 unspecified atom stereocenters. The first-order valence-corrected chi connectivity index (χ1v) is 21.2. The van der Waals surface area contributed by atoms with E-state index >= 15 is 0 Å². The maximum atomic E-state index is 14.8. The molecule has 1 aromatic heterocycles. The van der Waals surface area contributed by atoms with Gasteiger partial charge in [-0.3, -0.25) is 29.0 Å². The Kier molecular flexibility index (Phi) is 23.2. The molecule has 4 aromatic rings. The first-order valence-electron chi connectivity index (χ1n) is 20.3. The number of carbonyl (C=O) groups excluding carboxylic acids is 6. The molecule has 0 spiro atoms. The van der Waals surface area contributed by atoms with Gasteiger partial charge in [-0.05, 0) is 67.0 Å². The summed E-state index contributed by atoms with van der Waals surface area (Å²) in [6, 6.07) is 22.2. The number of hydrogen-bond acceptors (Lipinski definition) is 10. The first-order chi connectivity index (χ1) is 30.5. The van der Waals surface area contributed by atoms with E-state index in [1.54, 1.807) is 23.6 Å². The van der Waals surface area contributed by atoms with Crippen LogP contribution in [0.1, 0.15) is 52.2 Å². The Bertz CT molecular complexity index is 2190. The molecule has 3 N–H and O–H groups in total. The van der Waals surface area contributed by atoms with Gasteiger partial charge < -0.3 is 34.9 Å². The monoisotopic (exact) mass is 1140 g/mol. The SMILES string of the molecule is CCc1cccc(-c2cnc(C)c(NC(C)=O)c2)c1.CS.Cc1ccccc1/C(Cc1ccc(F)c(C(=O)N2CCN(C(=O)CN([C-]=O)CCOCCNC=O)CC2)c1)=N\NC=O.[Fm]. The van der Waals surface area contributed by atoms with Crippen molar-refractivity contribution in [2.24, 2.45) is 5.10 Å². The van der Waals surface area contributed by atoms with E-state index in [-0.39, 0.29) is 76.3 Å². The third kappa shape index (κ3) is 16.4. The Morgan fingerprint density at radius 2 is 1.62 bits per heavy atom. The van der Waals surface area contributed by atoms with E-state index in [1.807, 2.05) is 56.4 Å². The van der Waals surface area contributed by atoms with E-state index in [0.717, 1.165) is 40.1 Å². The number of halogens is 1. The van der Waals surface area contributed by atoms with Gasteiger partial charge in [0.1, 0.15) is 5.82 Å². The van der Waals surface area contributed by atoms with Gasteiger partial charge in [0.15, 0.2) is 0 Å². The quantitative estimate of drug-likeness (QED) is 0.0203. The molecular formula is C46H56FFmN8O7S-. The molecule has 348 valence electrons. The molecule has 0 saturated carbocycles. The molecule has 6 amide bonds. The average molecular weight is 1140 g/mol. The number of amides is 6. The van der Waals surface area contributed by atoms with Crippen molar-refractivity contribution >= 4 is 61.0 Å². The number of piperazine rings is 1. The summed E-state index contributed by atoms with van der Waals surface area (Å²) in [7, 11) is 0. The Morgan fingerprint density at radius 1 is 0.906 bits per heavy atom. The number of ether oxygens (including phenoxy) is 1. The maximum absolute atomic E-state index is 14.8. The van der Waals surface area contributed by atoms with E-state index < -0.39 is 11.7 Å². The first kappa shape index (κ1) is 52.7. The number of nitrogens with one attached hydrogen (secondary N) is 3. The average Bonchev–Trinajstić information content (AvgIpc) is 3.30. The van der Waals surface area contributed by atoms with Crippen LogP contribution in [-0.4, -0.2) is 128 Å². The van der Waals surface area contributed by atoms with Crippen molar-refractivity contribution in [1.29, 1.82) is 0 Å². The molecule has 0 bridgehead atoms. The molecule has 1 saturated heterocycles. The zero-order chi connectivity index (χ0) is 46.1. The second-order valence-electron chi connectivity index (χ2n) is 14.1. The molecule has 15 nitrogen and oxygen atoms in total. The van der Waals surface area contributed by atoms with Crippen LogP contribution in [0.2, 0.25) is 0 Å². The van der Waals surface area contributed by atoms with Gasteiger partial charge in [0, 0.05) is 69.9 Å². The van der Waals surface area contributed by atoms with E-state index in [4.69, 9.17) is 4.74 Å². The summed E-state index contributed by atoms with van der Waals surface area (Å²) in [6.45, 7) is 9.07. The van der Waals surface area contributed by atoms with Crippen molar-refractivity contribution in [3.63, 3.8) is 0 Å². The minimum atomic E-state index is -0.663. The van der Waals surface area contributed by atoms with Gasteiger partial charge in [0.05, 0.1) is 42.4 Å². The Labute approximate surface area is 373 Å². The summed E-state index contributed by atoms with van der Waals surface area (Å²) >= 11 is 3.53. The molecule has 0 radical (unpaired) electrons. The standard InChI is InChI=1S/C29H34FN6O6.C16H18N2O.CH4S.Fm/c1-22-4-2-3-5-24(22)27(33-32-20-38)17-23-6-7-26(30)25(16-23)29(41)36-11-9-35(10-12-36)28(40)18-34(21-39)13-15-42-14-8-31-19-37;1-4-13-6-5-7-14(8-13)15-9-16(18-12(3)19)11(2)17-10-15;1-2;/h2-7,16,19-20H,8-15,17-18H2,1H3,(H,31,37)(H,32,38);5-10H,4H2,1-3H3,(H,18,19);2H,1H3;/q-1;;;/b33-27-;;;. The number of aryl methyl sites for hydroxylation is 3. The molecule has 18 heteroatoms. The van der Waals surface area contributed by atoms with Crippen molar-refractivity contribution in [3.05, 3.63) is 118 Å². The second-order valence-corrected chi connectivity index (χ2v) is 14.1. The van der Waals surface area contributed by atoms with Gasteiger partial charge in [0.2, 0.25) is 24.6 Å². The molecular weight excluding hydrogens is 1080 g/mol. The van der Waals surface area contributed by atoms with Crippen LogP contribution in [0, 0.1) is 19.7 Å². The Morgan fingerprint density at radius 3 is 2.28 bits per heavy atom. The number of rotatable bonds is 19. The summed E-state index contributed by atoms with van der Waals surface area (Å²) in [5, 5.41) is 9.42. The molecule has 1 aliphatic rings. The van der Waals surface area contributed by atoms with E-state index in [9.17, 15) is 33.2 Å². The van der Waals surface area contributed by atoms with E-state index in [2.05, 4.69) is 63.9 Å².